The predicted octanol–water partition coefficient (Wildman–Crippen LogP) is 3.41. The summed E-state index contributed by atoms with van der Waals surface area (Å²) < 4.78 is 16.9. The van der Waals surface area contributed by atoms with Crippen LogP contribution in [0.15, 0.2) is 21.6 Å². The Labute approximate surface area is 195 Å². The molecule has 30 heavy (non-hydrogen) atoms. The molecule has 0 saturated heterocycles. The second-order valence-corrected chi connectivity index (χ2v) is 7.09. The lowest BCUT2D eigenvalue weighted by atomic mass is 10.1. The molecule has 0 bridgehead atoms. The first-order valence-electron chi connectivity index (χ1n) is 10.4. The van der Waals surface area contributed by atoms with Gasteiger partial charge in [0.1, 0.15) is 17.6 Å². The molecular weight excluding hydrogens is 497 g/mol. The number of rotatable bonds is 9. The van der Waals surface area contributed by atoms with Gasteiger partial charge in [0.2, 0.25) is 5.89 Å². The third kappa shape index (κ3) is 6.75. The number of halogens is 1. The summed E-state index contributed by atoms with van der Waals surface area (Å²) in [6, 6.07) is 4.16. The second-order valence-electron chi connectivity index (χ2n) is 7.09. The monoisotopic (exact) mass is 529 g/mol. The average molecular weight is 529 g/mol. The third-order valence-corrected chi connectivity index (χ3v) is 4.56. The van der Waals surface area contributed by atoms with Crippen LogP contribution in [0.1, 0.15) is 50.0 Å². The van der Waals surface area contributed by atoms with Gasteiger partial charge in [0.25, 0.3) is 0 Å². The molecule has 0 radical (unpaired) electrons. The summed E-state index contributed by atoms with van der Waals surface area (Å²) >= 11 is 0. The molecule has 0 amide bonds. The maximum atomic E-state index is 5.90. The molecule has 1 aliphatic heterocycles. The highest BCUT2D eigenvalue weighted by Crippen LogP contribution is 2.35. The molecular formula is C21H32IN5O3. The molecule has 0 aliphatic carbocycles. The summed E-state index contributed by atoms with van der Waals surface area (Å²) in [5.41, 5.74) is 2.23. The van der Waals surface area contributed by atoms with Crippen LogP contribution < -0.4 is 20.1 Å². The number of aryl methyl sites for hydroxylation is 2. The van der Waals surface area contributed by atoms with Gasteiger partial charge >= 0.3 is 0 Å². The van der Waals surface area contributed by atoms with Crippen LogP contribution in [0.3, 0.4) is 0 Å². The van der Waals surface area contributed by atoms with Crippen LogP contribution in [-0.4, -0.2) is 41.9 Å². The van der Waals surface area contributed by atoms with Gasteiger partial charge in [-0.2, -0.15) is 4.98 Å². The molecule has 1 atom stereocenters. The van der Waals surface area contributed by atoms with Crippen molar-refractivity contribution in [3.8, 4) is 11.5 Å². The van der Waals surface area contributed by atoms with Gasteiger partial charge in [-0.05, 0) is 46.2 Å². The number of fused-ring (bicyclic) bond motifs is 1. The zero-order chi connectivity index (χ0) is 20.6. The Kier molecular flexibility index (Phi) is 9.67. The van der Waals surface area contributed by atoms with Crippen LogP contribution in [-0.2, 0) is 19.4 Å². The molecule has 9 heteroatoms. The van der Waals surface area contributed by atoms with E-state index >= 15 is 0 Å². The predicted molar refractivity (Wildman–Crippen MR) is 127 cm³/mol. The van der Waals surface area contributed by atoms with Crippen molar-refractivity contribution in [3.63, 3.8) is 0 Å². The van der Waals surface area contributed by atoms with E-state index in [4.69, 9.17) is 19.0 Å². The molecule has 8 nitrogen and oxygen atoms in total. The standard InChI is InChI=1S/C21H31N5O3.HI/c1-5-22-21(23-9-7-8-20-25-15(4)26-29-20)24-13-17-12-19-16(10-14(3)28-19)11-18(17)27-6-2;/h11-12,14H,5-10,13H2,1-4H3,(H2,22,23,24);1H. The molecule has 0 fully saturated rings. The van der Waals surface area contributed by atoms with Crippen LogP contribution in [0, 0.1) is 6.92 Å². The van der Waals surface area contributed by atoms with Crippen molar-refractivity contribution in [3.05, 3.63) is 35.0 Å². The minimum atomic E-state index is 0. The highest BCUT2D eigenvalue weighted by molar-refractivity contribution is 14.0. The van der Waals surface area contributed by atoms with Crippen LogP contribution in [0.5, 0.6) is 11.5 Å². The summed E-state index contributed by atoms with van der Waals surface area (Å²) in [5, 5.41) is 10.4. The summed E-state index contributed by atoms with van der Waals surface area (Å²) in [6.45, 7) is 10.6. The number of guanidine groups is 1. The lowest BCUT2D eigenvalue weighted by Crippen LogP contribution is -2.37. The Morgan fingerprint density at radius 3 is 2.83 bits per heavy atom. The molecule has 1 unspecified atom stereocenters. The topological polar surface area (TPSA) is 93.8 Å². The number of aliphatic imine (C=N–C) groups is 1. The molecule has 1 aliphatic rings. The minimum Gasteiger partial charge on any atom is -0.494 e. The molecule has 2 heterocycles. The van der Waals surface area contributed by atoms with Gasteiger partial charge in [-0.3, -0.25) is 0 Å². The maximum absolute atomic E-state index is 5.90. The molecule has 0 saturated carbocycles. The van der Waals surface area contributed by atoms with Crippen molar-refractivity contribution in [2.75, 3.05) is 19.7 Å². The summed E-state index contributed by atoms with van der Waals surface area (Å²) in [5.74, 6) is 3.93. The van der Waals surface area contributed by atoms with Crippen LogP contribution in [0.4, 0.5) is 0 Å². The van der Waals surface area contributed by atoms with E-state index in [1.54, 1.807) is 0 Å². The van der Waals surface area contributed by atoms with Crippen molar-refractivity contribution in [2.24, 2.45) is 4.99 Å². The van der Waals surface area contributed by atoms with E-state index in [1.165, 1.54) is 5.56 Å². The van der Waals surface area contributed by atoms with Gasteiger partial charge in [0, 0.05) is 37.1 Å². The Morgan fingerprint density at radius 2 is 2.13 bits per heavy atom. The van der Waals surface area contributed by atoms with Crippen molar-refractivity contribution in [1.29, 1.82) is 0 Å². The zero-order valence-electron chi connectivity index (χ0n) is 18.2. The van der Waals surface area contributed by atoms with Gasteiger partial charge in [-0.1, -0.05) is 5.16 Å². The average Bonchev–Trinajstić information content (AvgIpc) is 3.27. The van der Waals surface area contributed by atoms with Gasteiger partial charge < -0.3 is 24.6 Å². The number of benzene rings is 1. The van der Waals surface area contributed by atoms with E-state index in [0.29, 0.717) is 24.9 Å². The molecule has 1 aromatic carbocycles. The zero-order valence-corrected chi connectivity index (χ0v) is 20.5. The first kappa shape index (κ1) is 24.2. The van der Waals surface area contributed by atoms with Crippen LogP contribution in [0.2, 0.25) is 0 Å². The Bertz CT molecular complexity index is 840. The van der Waals surface area contributed by atoms with Gasteiger partial charge in [0.05, 0.1) is 13.2 Å². The number of hydrogen-bond donors (Lipinski definition) is 2. The number of hydrogen-bond acceptors (Lipinski definition) is 6. The van der Waals surface area contributed by atoms with Crippen molar-refractivity contribution >= 4 is 29.9 Å². The van der Waals surface area contributed by atoms with Gasteiger partial charge in [-0.15, -0.1) is 24.0 Å². The lowest BCUT2D eigenvalue weighted by Gasteiger charge is -2.13. The summed E-state index contributed by atoms with van der Waals surface area (Å²) in [4.78, 5) is 8.95. The molecule has 2 N–H and O–H groups in total. The Balaban J connectivity index is 0.00000320. The summed E-state index contributed by atoms with van der Waals surface area (Å²) in [6.07, 6.45) is 2.74. The molecule has 2 aromatic rings. The lowest BCUT2D eigenvalue weighted by molar-refractivity contribution is 0.254. The molecule has 3 rings (SSSR count). The van der Waals surface area contributed by atoms with Gasteiger partial charge in [-0.25, -0.2) is 4.99 Å². The van der Waals surface area contributed by atoms with E-state index < -0.39 is 0 Å². The largest absolute Gasteiger partial charge is 0.494 e. The fraction of sp³-hybridized carbons (Fsp3) is 0.571. The van der Waals surface area contributed by atoms with E-state index in [-0.39, 0.29) is 30.1 Å². The fourth-order valence-corrected chi connectivity index (χ4v) is 3.29. The Morgan fingerprint density at radius 1 is 1.30 bits per heavy atom. The first-order valence-corrected chi connectivity index (χ1v) is 10.4. The molecule has 0 spiro atoms. The third-order valence-electron chi connectivity index (χ3n) is 4.56. The van der Waals surface area contributed by atoms with Crippen molar-refractivity contribution < 1.29 is 14.0 Å². The maximum Gasteiger partial charge on any atom is 0.226 e. The SMILES string of the molecule is CCNC(=NCc1cc2c(cc1OCC)CC(C)O2)NCCCc1nc(C)no1.I. The summed E-state index contributed by atoms with van der Waals surface area (Å²) in [7, 11) is 0. The normalized spacial score (nSPS) is 15.2. The Hall–Kier alpha value is -2.04. The number of aromatic nitrogens is 2. The van der Waals surface area contributed by atoms with Gasteiger partial charge in [0.15, 0.2) is 11.8 Å². The number of ether oxygens (including phenoxy) is 2. The van der Waals surface area contributed by atoms with Crippen LogP contribution in [0.25, 0.3) is 0 Å². The molecule has 166 valence electrons. The highest BCUT2D eigenvalue weighted by Gasteiger charge is 2.21. The fourth-order valence-electron chi connectivity index (χ4n) is 3.29. The molecule has 1 aromatic heterocycles. The highest BCUT2D eigenvalue weighted by atomic mass is 127. The number of nitrogens with zero attached hydrogens (tertiary/aromatic N) is 3. The number of nitrogens with one attached hydrogen (secondary N) is 2. The van der Waals surface area contributed by atoms with E-state index in [9.17, 15) is 0 Å². The van der Waals surface area contributed by atoms with E-state index in [1.807, 2.05) is 13.8 Å². The minimum absolute atomic E-state index is 0. The smallest absolute Gasteiger partial charge is 0.226 e. The quantitative estimate of drug-likeness (QED) is 0.223. The first-order chi connectivity index (χ1) is 14.1. The van der Waals surface area contributed by atoms with Crippen LogP contribution >= 0.6 is 24.0 Å². The van der Waals surface area contributed by atoms with E-state index in [2.05, 4.69) is 46.8 Å². The van der Waals surface area contributed by atoms with Crippen molar-refractivity contribution in [1.82, 2.24) is 20.8 Å². The second kappa shape index (κ2) is 12.0. The van der Waals surface area contributed by atoms with E-state index in [0.717, 1.165) is 55.4 Å². The van der Waals surface area contributed by atoms with Crippen molar-refractivity contribution in [2.45, 2.75) is 59.6 Å².